The van der Waals surface area contributed by atoms with E-state index in [0.717, 1.165) is 13.0 Å². The third-order valence-corrected chi connectivity index (χ3v) is 2.70. The van der Waals surface area contributed by atoms with Gasteiger partial charge in [0, 0.05) is 12.2 Å². The second-order valence-corrected chi connectivity index (χ2v) is 4.29. The molecular formula is C14H17N3O3. The number of nitrogens with two attached hydrogens (primary N) is 1. The molecular weight excluding hydrogens is 258 g/mol. The second-order valence-electron chi connectivity index (χ2n) is 4.29. The van der Waals surface area contributed by atoms with Gasteiger partial charge in [0.25, 0.3) is 0 Å². The zero-order valence-corrected chi connectivity index (χ0v) is 11.5. The number of esters is 1. The first-order valence-electron chi connectivity index (χ1n) is 6.32. The molecule has 0 atom stereocenters. The van der Waals surface area contributed by atoms with Gasteiger partial charge in [0.1, 0.15) is 11.3 Å². The molecule has 1 aromatic heterocycles. The summed E-state index contributed by atoms with van der Waals surface area (Å²) in [6, 6.07) is 4.83. The van der Waals surface area contributed by atoms with E-state index in [1.165, 1.54) is 13.2 Å². The molecule has 2 aromatic rings. The average Bonchev–Trinajstić information content (AvgIpc) is 2.88. The van der Waals surface area contributed by atoms with E-state index in [2.05, 4.69) is 12.0 Å². The van der Waals surface area contributed by atoms with Gasteiger partial charge in [-0.3, -0.25) is 4.68 Å². The van der Waals surface area contributed by atoms with Crippen LogP contribution in [-0.4, -0.2) is 22.9 Å². The number of hydrogen-bond donors (Lipinski definition) is 1. The topological polar surface area (TPSA) is 79.4 Å². The predicted octanol–water partition coefficient (Wildman–Crippen LogP) is 2.45. The van der Waals surface area contributed by atoms with Crippen LogP contribution in [-0.2, 0) is 11.3 Å². The highest BCUT2D eigenvalue weighted by Gasteiger charge is 2.14. The molecule has 0 radical (unpaired) electrons. The fraction of sp³-hybridized carbons (Fsp3) is 0.286. The van der Waals surface area contributed by atoms with Crippen molar-refractivity contribution < 1.29 is 14.3 Å². The molecule has 0 aliphatic rings. The largest absolute Gasteiger partial charge is 0.465 e. The summed E-state index contributed by atoms with van der Waals surface area (Å²) in [7, 11) is 1.31. The maximum Gasteiger partial charge on any atom is 0.341 e. The van der Waals surface area contributed by atoms with Crippen LogP contribution in [0.4, 0.5) is 5.69 Å². The lowest BCUT2D eigenvalue weighted by Gasteiger charge is -2.09. The van der Waals surface area contributed by atoms with Crippen LogP contribution in [0.15, 0.2) is 30.6 Å². The van der Waals surface area contributed by atoms with Gasteiger partial charge in [-0.15, -0.1) is 0 Å². The van der Waals surface area contributed by atoms with Gasteiger partial charge in [-0.2, -0.15) is 5.10 Å². The number of carbonyl (C=O) groups excluding carboxylic acids is 1. The van der Waals surface area contributed by atoms with Crippen molar-refractivity contribution >= 4 is 11.7 Å². The number of methoxy groups -OCH3 is 1. The van der Waals surface area contributed by atoms with Crippen LogP contribution in [0.2, 0.25) is 0 Å². The number of anilines is 1. The molecule has 1 aromatic carbocycles. The predicted molar refractivity (Wildman–Crippen MR) is 74.8 cm³/mol. The van der Waals surface area contributed by atoms with Crippen LogP contribution in [0.5, 0.6) is 11.5 Å². The number of aromatic nitrogens is 2. The van der Waals surface area contributed by atoms with Crippen molar-refractivity contribution in [1.82, 2.24) is 9.78 Å². The Morgan fingerprint density at radius 3 is 2.95 bits per heavy atom. The van der Waals surface area contributed by atoms with E-state index < -0.39 is 5.97 Å². The van der Waals surface area contributed by atoms with Crippen LogP contribution < -0.4 is 10.5 Å². The van der Waals surface area contributed by atoms with Crippen molar-refractivity contribution in [1.29, 1.82) is 0 Å². The molecule has 0 amide bonds. The molecule has 0 saturated carbocycles. The van der Waals surface area contributed by atoms with Crippen molar-refractivity contribution in [3.05, 3.63) is 36.2 Å². The number of hydrogen-bond acceptors (Lipinski definition) is 5. The highest BCUT2D eigenvalue weighted by Crippen LogP contribution is 2.27. The number of rotatable bonds is 5. The van der Waals surface area contributed by atoms with Crippen molar-refractivity contribution in [3.8, 4) is 11.5 Å². The van der Waals surface area contributed by atoms with Crippen molar-refractivity contribution in [2.75, 3.05) is 12.8 Å². The van der Waals surface area contributed by atoms with Gasteiger partial charge in [-0.1, -0.05) is 6.92 Å². The summed E-state index contributed by atoms with van der Waals surface area (Å²) >= 11 is 0. The number of aryl methyl sites for hydroxylation is 1. The fourth-order valence-electron chi connectivity index (χ4n) is 1.78. The summed E-state index contributed by atoms with van der Waals surface area (Å²) in [5.41, 5.74) is 6.44. The zero-order chi connectivity index (χ0) is 14.5. The molecule has 0 spiro atoms. The summed E-state index contributed by atoms with van der Waals surface area (Å²) in [4.78, 5) is 11.7. The number of benzene rings is 1. The summed E-state index contributed by atoms with van der Waals surface area (Å²) in [5.74, 6) is 0.462. The molecule has 2 rings (SSSR count). The summed E-state index contributed by atoms with van der Waals surface area (Å²) in [6.07, 6.45) is 4.37. The second kappa shape index (κ2) is 6.10. The highest BCUT2D eigenvalue weighted by atomic mass is 16.5. The Morgan fingerprint density at radius 2 is 2.25 bits per heavy atom. The molecule has 20 heavy (non-hydrogen) atoms. The van der Waals surface area contributed by atoms with Crippen molar-refractivity contribution in [2.24, 2.45) is 0 Å². The summed E-state index contributed by atoms with van der Waals surface area (Å²) < 4.78 is 12.2. The zero-order valence-electron chi connectivity index (χ0n) is 11.5. The van der Waals surface area contributed by atoms with Crippen LogP contribution in [0, 0.1) is 0 Å². The van der Waals surface area contributed by atoms with Gasteiger partial charge in [-0.05, 0) is 24.6 Å². The maximum atomic E-state index is 11.7. The molecule has 0 fully saturated rings. The molecule has 1 heterocycles. The van der Waals surface area contributed by atoms with Gasteiger partial charge in [-0.25, -0.2) is 4.79 Å². The van der Waals surface area contributed by atoms with Gasteiger partial charge >= 0.3 is 5.97 Å². The molecule has 0 aliphatic heterocycles. The third kappa shape index (κ3) is 3.09. The number of nitrogen functional groups attached to an aromatic ring is 1. The minimum absolute atomic E-state index is 0.288. The fourth-order valence-corrected chi connectivity index (χ4v) is 1.78. The lowest BCUT2D eigenvalue weighted by Crippen LogP contribution is -2.04. The van der Waals surface area contributed by atoms with Gasteiger partial charge in [0.05, 0.1) is 19.5 Å². The number of ether oxygens (including phenoxy) is 2. The average molecular weight is 275 g/mol. The summed E-state index contributed by atoms with van der Waals surface area (Å²) in [6.45, 7) is 2.88. The van der Waals surface area contributed by atoms with E-state index in [1.807, 2.05) is 0 Å². The smallest absolute Gasteiger partial charge is 0.341 e. The molecule has 6 heteroatoms. The molecule has 0 unspecified atom stereocenters. The van der Waals surface area contributed by atoms with E-state index in [9.17, 15) is 4.79 Å². The minimum atomic E-state index is -0.492. The normalized spacial score (nSPS) is 10.3. The monoisotopic (exact) mass is 275 g/mol. The first-order chi connectivity index (χ1) is 9.63. The first kappa shape index (κ1) is 13.9. The Labute approximate surface area is 117 Å². The van der Waals surface area contributed by atoms with Gasteiger partial charge < -0.3 is 15.2 Å². The molecule has 106 valence electrons. The molecule has 6 nitrogen and oxygen atoms in total. The van der Waals surface area contributed by atoms with E-state index in [-0.39, 0.29) is 5.56 Å². The molecule has 0 saturated heterocycles. The van der Waals surface area contributed by atoms with E-state index >= 15 is 0 Å². The Morgan fingerprint density at radius 1 is 1.45 bits per heavy atom. The van der Waals surface area contributed by atoms with Crippen LogP contribution in [0.3, 0.4) is 0 Å². The van der Waals surface area contributed by atoms with Crippen molar-refractivity contribution in [2.45, 2.75) is 19.9 Å². The van der Waals surface area contributed by atoms with Crippen LogP contribution >= 0.6 is 0 Å². The Bertz CT molecular complexity index is 607. The maximum absolute atomic E-state index is 11.7. The lowest BCUT2D eigenvalue weighted by atomic mass is 10.2. The van der Waals surface area contributed by atoms with E-state index in [1.54, 1.807) is 29.2 Å². The third-order valence-electron chi connectivity index (χ3n) is 2.70. The summed E-state index contributed by atoms with van der Waals surface area (Å²) in [5, 5.41) is 4.17. The molecule has 0 bridgehead atoms. The highest BCUT2D eigenvalue weighted by molar-refractivity contribution is 5.93. The Kier molecular flexibility index (Phi) is 4.24. The Balaban J connectivity index is 2.25. The lowest BCUT2D eigenvalue weighted by molar-refractivity contribution is 0.0598. The standard InChI is InChI=1S/C14H17N3O3/c1-3-6-17-9-11(8-16-17)20-13-5-4-10(15)7-12(13)14(18)19-2/h4-5,7-9H,3,6,15H2,1-2H3. The van der Waals surface area contributed by atoms with E-state index in [0.29, 0.717) is 17.2 Å². The van der Waals surface area contributed by atoms with Crippen LogP contribution in [0.1, 0.15) is 23.7 Å². The Hall–Kier alpha value is -2.50. The minimum Gasteiger partial charge on any atom is -0.465 e. The first-order valence-corrected chi connectivity index (χ1v) is 6.32. The quantitative estimate of drug-likeness (QED) is 0.669. The number of nitrogens with zero attached hydrogens (tertiary/aromatic N) is 2. The SMILES string of the molecule is CCCn1cc(Oc2ccc(N)cc2C(=O)OC)cn1. The number of carbonyl (C=O) groups is 1. The van der Waals surface area contributed by atoms with Crippen molar-refractivity contribution in [3.63, 3.8) is 0 Å². The molecule has 2 N–H and O–H groups in total. The van der Waals surface area contributed by atoms with E-state index in [4.69, 9.17) is 15.2 Å². The molecule has 0 aliphatic carbocycles. The van der Waals surface area contributed by atoms with Gasteiger partial charge in [0.2, 0.25) is 0 Å². The van der Waals surface area contributed by atoms with Crippen LogP contribution in [0.25, 0.3) is 0 Å². The van der Waals surface area contributed by atoms with Gasteiger partial charge in [0.15, 0.2) is 5.75 Å².